The van der Waals surface area contributed by atoms with Gasteiger partial charge >= 0.3 is 0 Å². The van der Waals surface area contributed by atoms with Crippen LogP contribution in [0.25, 0.3) is 0 Å². The van der Waals surface area contributed by atoms with E-state index < -0.39 is 11.3 Å². The molecule has 0 radical (unpaired) electrons. The van der Waals surface area contributed by atoms with Crippen molar-refractivity contribution in [3.05, 3.63) is 16.0 Å². The molecule has 9 heteroatoms. The minimum absolute atomic E-state index is 0.150. The average molecular weight is 379 g/mol. The Balaban J connectivity index is 2.34. The van der Waals surface area contributed by atoms with Crippen molar-refractivity contribution in [2.45, 2.75) is 20.3 Å². The fourth-order valence-electron chi connectivity index (χ4n) is 1.30. The Morgan fingerprint density at radius 2 is 2.10 bits per heavy atom. The molecule has 21 heavy (non-hydrogen) atoms. The third-order valence-electron chi connectivity index (χ3n) is 2.83. The first-order chi connectivity index (χ1) is 9.75. The van der Waals surface area contributed by atoms with Crippen molar-refractivity contribution in [2.24, 2.45) is 11.1 Å². The van der Waals surface area contributed by atoms with Crippen LogP contribution in [0.1, 0.15) is 20.3 Å². The van der Waals surface area contributed by atoms with E-state index in [0.29, 0.717) is 29.8 Å². The second-order valence-electron chi connectivity index (χ2n) is 4.86. The minimum atomic E-state index is -1.21. The second-order valence-corrected chi connectivity index (χ2v) is 6.05. The van der Waals surface area contributed by atoms with E-state index >= 15 is 0 Å². The van der Waals surface area contributed by atoms with Crippen LogP contribution in [0.3, 0.4) is 0 Å². The van der Waals surface area contributed by atoms with Gasteiger partial charge in [0.2, 0.25) is 17.1 Å². The predicted octanol–water partition coefficient (Wildman–Crippen LogP) is 1.32. The van der Waals surface area contributed by atoms with Gasteiger partial charge in [0, 0.05) is 19.3 Å². The molecule has 0 bridgehead atoms. The number of carbonyl (C=O) groups is 2. The van der Waals surface area contributed by atoms with Gasteiger partial charge in [0.25, 0.3) is 0 Å². The molecule has 0 aliphatic rings. The van der Waals surface area contributed by atoms with Gasteiger partial charge in [-0.3, -0.25) is 9.59 Å². The number of nitrogens with zero attached hydrogens (tertiary/aromatic N) is 2. The topological polar surface area (TPSA) is 110 Å². The molecule has 2 amide bonds. The summed E-state index contributed by atoms with van der Waals surface area (Å²) >= 11 is 8.99. The first kappa shape index (κ1) is 17.6. The molecule has 0 aromatic carbocycles. The SMILES string of the molecule is CC(C)(C(N)=O)C(=O)NCCCNc1nc(Cl)ncc1Br. The molecule has 0 atom stereocenters. The Kier molecular flexibility index (Phi) is 6.35. The lowest BCUT2D eigenvalue weighted by Gasteiger charge is -2.19. The number of hydrogen-bond acceptors (Lipinski definition) is 5. The van der Waals surface area contributed by atoms with Crippen molar-refractivity contribution in [1.82, 2.24) is 15.3 Å². The van der Waals surface area contributed by atoms with Crippen LogP contribution in [0.5, 0.6) is 0 Å². The fraction of sp³-hybridized carbons (Fsp3) is 0.500. The zero-order chi connectivity index (χ0) is 16.0. The number of nitrogens with one attached hydrogen (secondary N) is 2. The van der Waals surface area contributed by atoms with E-state index in [4.69, 9.17) is 17.3 Å². The predicted molar refractivity (Wildman–Crippen MR) is 83.8 cm³/mol. The van der Waals surface area contributed by atoms with Gasteiger partial charge < -0.3 is 16.4 Å². The van der Waals surface area contributed by atoms with Crippen molar-refractivity contribution >= 4 is 45.2 Å². The Hall–Kier alpha value is -1.41. The molecular weight excluding hydrogens is 362 g/mol. The lowest BCUT2D eigenvalue weighted by Crippen LogP contribution is -2.46. The highest BCUT2D eigenvalue weighted by Gasteiger charge is 2.33. The molecule has 1 rings (SSSR count). The molecular formula is C12H17BrClN5O2. The van der Waals surface area contributed by atoms with Crippen LogP contribution in [0, 0.1) is 5.41 Å². The summed E-state index contributed by atoms with van der Waals surface area (Å²) < 4.78 is 0.700. The van der Waals surface area contributed by atoms with Crippen LogP contribution in [-0.4, -0.2) is 34.9 Å². The lowest BCUT2D eigenvalue weighted by atomic mass is 9.91. The van der Waals surface area contributed by atoms with E-state index in [0.717, 1.165) is 0 Å². The number of amides is 2. The van der Waals surface area contributed by atoms with E-state index in [2.05, 4.69) is 36.5 Å². The van der Waals surface area contributed by atoms with E-state index in [9.17, 15) is 9.59 Å². The maximum Gasteiger partial charge on any atom is 0.235 e. The molecule has 0 saturated carbocycles. The molecule has 0 unspecified atom stereocenters. The maximum absolute atomic E-state index is 11.8. The monoisotopic (exact) mass is 377 g/mol. The summed E-state index contributed by atoms with van der Waals surface area (Å²) in [6, 6.07) is 0. The largest absolute Gasteiger partial charge is 0.369 e. The van der Waals surface area contributed by atoms with E-state index in [1.165, 1.54) is 13.8 Å². The molecule has 0 aliphatic heterocycles. The molecule has 1 aromatic heterocycles. The summed E-state index contributed by atoms with van der Waals surface area (Å²) in [5, 5.41) is 5.88. The van der Waals surface area contributed by atoms with E-state index in [-0.39, 0.29) is 11.2 Å². The van der Waals surface area contributed by atoms with Gasteiger partial charge in [-0.2, -0.15) is 4.98 Å². The Labute approximate surface area is 136 Å². The number of rotatable bonds is 7. The highest BCUT2D eigenvalue weighted by Crippen LogP contribution is 2.19. The summed E-state index contributed by atoms with van der Waals surface area (Å²) in [5.74, 6) is -0.460. The molecule has 116 valence electrons. The Morgan fingerprint density at radius 3 is 2.71 bits per heavy atom. The normalized spacial score (nSPS) is 11.0. The van der Waals surface area contributed by atoms with Gasteiger partial charge in [-0.05, 0) is 47.8 Å². The number of carbonyl (C=O) groups excluding carboxylic acids is 2. The number of aromatic nitrogens is 2. The minimum Gasteiger partial charge on any atom is -0.369 e. The van der Waals surface area contributed by atoms with Gasteiger partial charge in [0.1, 0.15) is 11.2 Å². The third kappa shape index (κ3) is 5.13. The zero-order valence-corrected chi connectivity index (χ0v) is 14.1. The third-order valence-corrected chi connectivity index (χ3v) is 3.59. The quantitative estimate of drug-likeness (QED) is 0.376. The molecule has 1 heterocycles. The molecule has 7 nitrogen and oxygen atoms in total. The first-order valence-corrected chi connectivity index (χ1v) is 7.42. The van der Waals surface area contributed by atoms with Gasteiger partial charge in [-0.15, -0.1) is 0 Å². The van der Waals surface area contributed by atoms with Crippen LogP contribution in [-0.2, 0) is 9.59 Å². The van der Waals surface area contributed by atoms with E-state index in [1.807, 2.05) is 0 Å². The van der Waals surface area contributed by atoms with Gasteiger partial charge in [-0.25, -0.2) is 4.98 Å². The lowest BCUT2D eigenvalue weighted by molar-refractivity contribution is -0.139. The summed E-state index contributed by atoms with van der Waals surface area (Å²) in [6.07, 6.45) is 2.20. The number of anilines is 1. The van der Waals surface area contributed by atoms with Crippen molar-refractivity contribution in [2.75, 3.05) is 18.4 Å². The molecule has 4 N–H and O–H groups in total. The molecule has 0 aliphatic carbocycles. The Bertz CT molecular complexity index is 538. The molecule has 0 spiro atoms. The zero-order valence-electron chi connectivity index (χ0n) is 11.7. The van der Waals surface area contributed by atoms with Crippen molar-refractivity contribution in [3.63, 3.8) is 0 Å². The maximum atomic E-state index is 11.8. The number of primary amides is 1. The van der Waals surface area contributed by atoms with Crippen LogP contribution < -0.4 is 16.4 Å². The van der Waals surface area contributed by atoms with Crippen molar-refractivity contribution in [1.29, 1.82) is 0 Å². The van der Waals surface area contributed by atoms with E-state index in [1.54, 1.807) is 6.20 Å². The van der Waals surface area contributed by atoms with Crippen LogP contribution >= 0.6 is 27.5 Å². The Morgan fingerprint density at radius 1 is 1.43 bits per heavy atom. The fourth-order valence-corrected chi connectivity index (χ4v) is 1.76. The highest BCUT2D eigenvalue weighted by molar-refractivity contribution is 9.10. The first-order valence-electron chi connectivity index (χ1n) is 6.25. The number of halogens is 2. The summed E-state index contributed by atoms with van der Waals surface area (Å²) in [5.41, 5.74) is 3.95. The number of hydrogen-bond donors (Lipinski definition) is 3. The standard InChI is InChI=1S/C12H17BrClN5O2/c1-12(2,9(15)20)10(21)17-5-3-4-16-8-7(13)6-18-11(14)19-8/h6H,3-5H2,1-2H3,(H2,15,20)(H,17,21)(H,16,18,19). The summed E-state index contributed by atoms with van der Waals surface area (Å²) in [7, 11) is 0. The van der Waals surface area contributed by atoms with Crippen LogP contribution in [0.2, 0.25) is 5.28 Å². The average Bonchev–Trinajstić information content (AvgIpc) is 2.41. The second kappa shape index (κ2) is 7.56. The molecule has 1 aromatic rings. The summed E-state index contributed by atoms with van der Waals surface area (Å²) in [4.78, 5) is 30.7. The van der Waals surface area contributed by atoms with Crippen molar-refractivity contribution < 1.29 is 9.59 Å². The summed E-state index contributed by atoms with van der Waals surface area (Å²) in [6.45, 7) is 3.97. The van der Waals surface area contributed by atoms with Gasteiger partial charge in [0.15, 0.2) is 0 Å². The number of nitrogens with two attached hydrogens (primary N) is 1. The van der Waals surface area contributed by atoms with Crippen molar-refractivity contribution in [3.8, 4) is 0 Å². The molecule has 0 saturated heterocycles. The van der Waals surface area contributed by atoms with Crippen LogP contribution in [0.15, 0.2) is 10.7 Å². The molecule has 0 fully saturated rings. The van der Waals surface area contributed by atoms with Crippen LogP contribution in [0.4, 0.5) is 5.82 Å². The smallest absolute Gasteiger partial charge is 0.235 e. The van der Waals surface area contributed by atoms with Gasteiger partial charge in [-0.1, -0.05) is 0 Å². The van der Waals surface area contributed by atoms with Gasteiger partial charge in [0.05, 0.1) is 4.47 Å². The highest BCUT2D eigenvalue weighted by atomic mass is 79.9.